The summed E-state index contributed by atoms with van der Waals surface area (Å²) in [6.45, 7) is 4.16. The second-order valence-electron chi connectivity index (χ2n) is 24.8. The van der Waals surface area contributed by atoms with Gasteiger partial charge in [-0.25, -0.2) is 9.13 Å². The topological polar surface area (TPSA) is 237 Å². The molecule has 5 atom stereocenters. The summed E-state index contributed by atoms with van der Waals surface area (Å²) in [6, 6.07) is 0. The van der Waals surface area contributed by atoms with Crippen molar-refractivity contribution in [2.75, 3.05) is 39.6 Å². The zero-order valence-corrected chi connectivity index (χ0v) is 66.5. The van der Waals surface area contributed by atoms with Crippen LogP contribution in [-0.2, 0) is 65.4 Å². The predicted molar refractivity (Wildman–Crippen MR) is 435 cm³/mol. The molecular weight excluding hydrogens is 1380 g/mol. The number of carbonyl (C=O) groups is 4. The molecule has 594 valence electrons. The fraction of sp³-hybridized carbons (Fsp3) is 0.540. The minimum Gasteiger partial charge on any atom is -0.462 e. The van der Waals surface area contributed by atoms with Gasteiger partial charge >= 0.3 is 39.5 Å². The molecule has 0 aliphatic rings. The van der Waals surface area contributed by atoms with E-state index in [9.17, 15) is 43.2 Å². The second-order valence-corrected chi connectivity index (χ2v) is 27.7. The van der Waals surface area contributed by atoms with Crippen molar-refractivity contribution in [3.8, 4) is 0 Å². The highest BCUT2D eigenvalue weighted by atomic mass is 31.2. The third-order valence-electron chi connectivity index (χ3n) is 14.9. The lowest BCUT2D eigenvalue weighted by molar-refractivity contribution is -0.161. The molecule has 0 aromatic rings. The molecule has 0 saturated carbocycles. The van der Waals surface area contributed by atoms with Gasteiger partial charge in [0.2, 0.25) is 0 Å². The van der Waals surface area contributed by atoms with Crippen LogP contribution in [0.2, 0.25) is 0 Å². The van der Waals surface area contributed by atoms with Crippen LogP contribution in [0.5, 0.6) is 0 Å². The van der Waals surface area contributed by atoms with Gasteiger partial charge in [-0.1, -0.05) is 259 Å². The van der Waals surface area contributed by atoms with Gasteiger partial charge in [0.15, 0.2) is 12.2 Å². The smallest absolute Gasteiger partial charge is 0.462 e. The highest BCUT2D eigenvalue weighted by Crippen LogP contribution is 2.45. The molecule has 0 rings (SSSR count). The third kappa shape index (κ3) is 75.6. The fourth-order valence-corrected chi connectivity index (χ4v) is 10.7. The number of hydrogen-bond donors (Lipinski definition) is 3. The maximum atomic E-state index is 13.1. The van der Waals surface area contributed by atoms with Gasteiger partial charge in [-0.3, -0.25) is 37.3 Å². The van der Waals surface area contributed by atoms with Crippen LogP contribution in [0.15, 0.2) is 219 Å². The standard InChI is InChI=1S/C87H134O17P2/c1-5-9-13-17-21-25-29-33-37-40-44-47-51-55-59-63-67-71-84(89)97-77-82(103-86(91)73-69-65-61-57-53-49-43-36-32-28-24-20-16-12-8-4)79-101-105(93,94)99-75-81(88)76-100-106(95,96)102-80-83(104-87(92)74-70-66-62-58-54-50-46-42-39-35-31-27-23-19-15-11-7-3)78-98-85(90)72-68-64-60-56-52-48-45-41-38-34-30-26-22-18-14-10-6-2/h9-16,21-28,33-39,43-48,50,53,55-57,59-60,81-83,88H,5-8,17-20,29-32,40-42,49,51-52,54,58,61-80H2,1-4H3,(H,93,94)(H,95,96)/b13-9-,14-10-,15-11-,16-12-,25-21-,26-22-,27-23-,28-24-,37-33-,38-34-,39-35-,43-36-,47-44-,48-45-,50-46-,57-53-,59-55-,60-56-. The van der Waals surface area contributed by atoms with Crippen LogP contribution in [0.25, 0.3) is 0 Å². The molecule has 17 nitrogen and oxygen atoms in total. The third-order valence-corrected chi connectivity index (χ3v) is 16.8. The monoisotopic (exact) mass is 1510 g/mol. The predicted octanol–water partition coefficient (Wildman–Crippen LogP) is 22.9. The first-order chi connectivity index (χ1) is 51.7. The molecule has 0 aliphatic heterocycles. The molecule has 19 heteroatoms. The van der Waals surface area contributed by atoms with E-state index in [1.54, 1.807) is 0 Å². The molecule has 0 saturated heterocycles. The Kier molecular flexibility index (Phi) is 71.8. The fourth-order valence-electron chi connectivity index (χ4n) is 9.15. The number of aliphatic hydroxyl groups excluding tert-OH is 1. The number of phosphoric acid groups is 2. The molecule has 3 N–H and O–H groups in total. The summed E-state index contributed by atoms with van der Waals surface area (Å²) in [4.78, 5) is 73.0. The minimum atomic E-state index is -5.02. The summed E-state index contributed by atoms with van der Waals surface area (Å²) < 4.78 is 68.4. The molecule has 0 aromatic carbocycles. The molecule has 106 heavy (non-hydrogen) atoms. The number of allylic oxidation sites excluding steroid dienone is 36. The van der Waals surface area contributed by atoms with Gasteiger partial charge in [0.1, 0.15) is 19.3 Å². The number of rotatable bonds is 70. The Balaban J connectivity index is 5.56. The molecule has 0 fully saturated rings. The zero-order valence-electron chi connectivity index (χ0n) is 64.8. The van der Waals surface area contributed by atoms with E-state index >= 15 is 0 Å². The molecule has 0 spiro atoms. The first-order valence-electron chi connectivity index (χ1n) is 39.0. The summed E-state index contributed by atoms with van der Waals surface area (Å²) >= 11 is 0. The molecular formula is C87H134O17P2. The van der Waals surface area contributed by atoms with Crippen LogP contribution in [0.3, 0.4) is 0 Å². The number of phosphoric ester groups is 2. The summed E-state index contributed by atoms with van der Waals surface area (Å²) in [6.07, 6.45) is 96.6. The molecule has 0 aliphatic carbocycles. The average Bonchev–Trinajstić information content (AvgIpc) is 0.901. The lowest BCUT2D eigenvalue weighted by Crippen LogP contribution is -2.30. The molecule has 5 unspecified atom stereocenters. The quantitative estimate of drug-likeness (QED) is 0.0169. The van der Waals surface area contributed by atoms with Crippen LogP contribution < -0.4 is 0 Å². The van der Waals surface area contributed by atoms with Crippen molar-refractivity contribution in [2.45, 2.75) is 264 Å². The van der Waals surface area contributed by atoms with Crippen molar-refractivity contribution in [1.82, 2.24) is 0 Å². The highest BCUT2D eigenvalue weighted by molar-refractivity contribution is 7.47. The highest BCUT2D eigenvalue weighted by Gasteiger charge is 2.30. The Morgan fingerprint density at radius 2 is 0.472 bits per heavy atom. The summed E-state index contributed by atoms with van der Waals surface area (Å²) in [7, 11) is -10.0. The van der Waals surface area contributed by atoms with Crippen molar-refractivity contribution in [1.29, 1.82) is 0 Å². The molecule has 0 bridgehead atoms. The SMILES string of the molecule is CC/C=C\C/C=C\C/C=C\C/C=C\C/C=C\CCCC(=O)OCC(COP(=O)(O)OCC(O)COP(=O)(O)OCC(COC(=O)CCC/C=C\C/C=C\C/C=C\C/C=C\C/C=C\CC)OC(=O)CCCCCC/C=C\C/C=C\C/C=C\C/C=C\CC)OC(=O)CCCC/C=C\C/C=C\C/C=C\C/C=C\CC. The van der Waals surface area contributed by atoms with Crippen molar-refractivity contribution >= 4 is 39.5 Å². The van der Waals surface area contributed by atoms with Crippen LogP contribution in [0, 0.1) is 0 Å². The Labute approximate surface area is 639 Å². The van der Waals surface area contributed by atoms with E-state index in [0.29, 0.717) is 44.9 Å². The number of esters is 4. The van der Waals surface area contributed by atoms with Gasteiger partial charge in [0.25, 0.3) is 0 Å². The van der Waals surface area contributed by atoms with E-state index in [1.165, 1.54) is 0 Å². The summed E-state index contributed by atoms with van der Waals surface area (Å²) in [5.41, 5.74) is 0. The number of hydrogen-bond acceptors (Lipinski definition) is 15. The van der Waals surface area contributed by atoms with Crippen LogP contribution in [0.4, 0.5) is 0 Å². The Hall–Kier alpha value is -6.62. The van der Waals surface area contributed by atoms with Crippen LogP contribution in [-0.4, -0.2) is 96.7 Å². The van der Waals surface area contributed by atoms with Crippen molar-refractivity contribution < 1.29 is 80.2 Å². The lowest BCUT2D eigenvalue weighted by Gasteiger charge is -2.21. The van der Waals surface area contributed by atoms with E-state index in [4.69, 9.17) is 37.0 Å². The maximum absolute atomic E-state index is 13.1. The van der Waals surface area contributed by atoms with Gasteiger partial charge in [-0.15, -0.1) is 0 Å². The number of carbonyl (C=O) groups excluding carboxylic acids is 4. The van der Waals surface area contributed by atoms with Gasteiger partial charge < -0.3 is 33.8 Å². The maximum Gasteiger partial charge on any atom is 0.472 e. The Morgan fingerprint density at radius 1 is 0.264 bits per heavy atom. The van der Waals surface area contributed by atoms with E-state index < -0.39 is 97.5 Å². The summed E-state index contributed by atoms with van der Waals surface area (Å²) in [5, 5.41) is 10.6. The van der Waals surface area contributed by atoms with E-state index in [1.807, 2.05) is 30.4 Å². The number of unbranched alkanes of at least 4 members (excludes halogenated alkanes) is 8. The molecule has 0 radical (unpaired) electrons. The van der Waals surface area contributed by atoms with Crippen LogP contribution >= 0.6 is 15.6 Å². The van der Waals surface area contributed by atoms with E-state index in [-0.39, 0.29) is 25.7 Å². The zero-order chi connectivity index (χ0) is 77.4. The molecule has 0 heterocycles. The van der Waals surface area contributed by atoms with E-state index in [0.717, 1.165) is 148 Å². The number of ether oxygens (including phenoxy) is 4. The summed E-state index contributed by atoms with van der Waals surface area (Å²) in [5.74, 6) is -2.42. The van der Waals surface area contributed by atoms with E-state index in [2.05, 4.69) is 216 Å². The normalized spacial score (nSPS) is 15.0. The van der Waals surface area contributed by atoms with Crippen molar-refractivity contribution in [3.63, 3.8) is 0 Å². The molecule has 0 aromatic heterocycles. The largest absolute Gasteiger partial charge is 0.472 e. The minimum absolute atomic E-state index is 0.0187. The first-order valence-corrected chi connectivity index (χ1v) is 42.0. The van der Waals surface area contributed by atoms with Gasteiger partial charge in [0, 0.05) is 25.7 Å². The molecule has 0 amide bonds. The lowest BCUT2D eigenvalue weighted by atomic mass is 10.1. The van der Waals surface area contributed by atoms with Crippen LogP contribution in [0.1, 0.15) is 246 Å². The van der Waals surface area contributed by atoms with Crippen molar-refractivity contribution in [3.05, 3.63) is 219 Å². The van der Waals surface area contributed by atoms with Gasteiger partial charge in [-0.05, 0) is 180 Å². The van der Waals surface area contributed by atoms with Gasteiger partial charge in [-0.2, -0.15) is 0 Å². The van der Waals surface area contributed by atoms with Crippen molar-refractivity contribution in [2.24, 2.45) is 0 Å². The Morgan fingerprint density at radius 3 is 0.745 bits per heavy atom. The number of aliphatic hydroxyl groups is 1. The Bertz CT molecular complexity index is 2880. The second kappa shape index (κ2) is 76.6. The van der Waals surface area contributed by atoms with Gasteiger partial charge in [0.05, 0.1) is 26.4 Å². The average molecular weight is 1510 g/mol. The first kappa shape index (κ1) is 99.4.